The van der Waals surface area contributed by atoms with E-state index in [1.54, 1.807) is 0 Å². The Morgan fingerprint density at radius 2 is 2.43 bits per heavy atom. The fourth-order valence-corrected chi connectivity index (χ4v) is 2.90. The highest BCUT2D eigenvalue weighted by atomic mass is 32.1. The van der Waals surface area contributed by atoms with Crippen LogP contribution in [0.15, 0.2) is 5.38 Å². The van der Waals surface area contributed by atoms with E-state index in [1.165, 1.54) is 16.7 Å². The first-order valence-electron chi connectivity index (χ1n) is 6.86. The molecule has 0 bridgehead atoms. The van der Waals surface area contributed by atoms with Crippen LogP contribution in [0.2, 0.25) is 0 Å². The molecule has 1 aliphatic rings. The summed E-state index contributed by atoms with van der Waals surface area (Å²) >= 11 is 1.28. The molecule has 2 rings (SSSR count). The molecule has 2 amide bonds. The van der Waals surface area contributed by atoms with Crippen LogP contribution < -0.4 is 10.6 Å². The Hall–Kier alpha value is -1.67. The first-order chi connectivity index (χ1) is 10.1. The highest BCUT2D eigenvalue weighted by Gasteiger charge is 2.23. The Morgan fingerprint density at radius 1 is 1.62 bits per heavy atom. The molecule has 1 aliphatic heterocycles. The Bertz CT molecular complexity index is 499. The minimum atomic E-state index is -1.03. The zero-order valence-corrected chi connectivity index (χ0v) is 12.6. The van der Waals surface area contributed by atoms with E-state index < -0.39 is 5.97 Å². The number of nitrogens with one attached hydrogen (secondary N) is 2. The molecule has 0 radical (unpaired) electrons. The first kappa shape index (κ1) is 15.7. The largest absolute Gasteiger partial charge is 0.476 e. The molecule has 21 heavy (non-hydrogen) atoms. The predicted octanol–water partition coefficient (Wildman–Crippen LogP) is 1.11. The second-order valence-electron chi connectivity index (χ2n) is 4.99. The number of carboxylic acid groups (broad SMARTS) is 1. The van der Waals surface area contributed by atoms with Gasteiger partial charge >= 0.3 is 12.0 Å². The summed E-state index contributed by atoms with van der Waals surface area (Å²) < 4.78 is 5.29. The van der Waals surface area contributed by atoms with Crippen LogP contribution in [0, 0.1) is 5.92 Å². The van der Waals surface area contributed by atoms with Gasteiger partial charge in [0, 0.05) is 36.9 Å². The third-order valence-corrected chi connectivity index (χ3v) is 4.33. The van der Waals surface area contributed by atoms with Crippen molar-refractivity contribution in [3.8, 4) is 0 Å². The summed E-state index contributed by atoms with van der Waals surface area (Å²) in [7, 11) is 0. The molecule has 2 heterocycles. The number of nitrogens with zero attached hydrogens (tertiary/aromatic N) is 1. The van der Waals surface area contributed by atoms with Gasteiger partial charge in [0.2, 0.25) is 0 Å². The number of carbonyl (C=O) groups is 2. The lowest BCUT2D eigenvalue weighted by Gasteiger charge is -2.19. The zero-order valence-electron chi connectivity index (χ0n) is 11.8. The van der Waals surface area contributed by atoms with Crippen molar-refractivity contribution in [2.45, 2.75) is 25.8 Å². The molecule has 116 valence electrons. The fourth-order valence-electron chi connectivity index (χ4n) is 2.13. The summed E-state index contributed by atoms with van der Waals surface area (Å²) in [6, 6.07) is -0.143. The molecular weight excluding hydrogens is 294 g/mol. The number of hydrogen-bond donors (Lipinski definition) is 3. The predicted molar refractivity (Wildman–Crippen MR) is 77.7 cm³/mol. The molecule has 0 aromatic carbocycles. The van der Waals surface area contributed by atoms with Gasteiger partial charge in [-0.1, -0.05) is 0 Å². The number of carboxylic acids is 1. The topological polar surface area (TPSA) is 101 Å². The zero-order chi connectivity index (χ0) is 15.2. The van der Waals surface area contributed by atoms with Crippen LogP contribution in [0.4, 0.5) is 4.79 Å². The van der Waals surface area contributed by atoms with E-state index in [0.29, 0.717) is 30.5 Å². The van der Waals surface area contributed by atoms with Crippen molar-refractivity contribution in [2.75, 3.05) is 19.8 Å². The Morgan fingerprint density at radius 3 is 3.05 bits per heavy atom. The van der Waals surface area contributed by atoms with Crippen LogP contribution in [0.5, 0.6) is 0 Å². The third kappa shape index (κ3) is 4.68. The van der Waals surface area contributed by atoms with Crippen molar-refractivity contribution in [1.29, 1.82) is 0 Å². The minimum Gasteiger partial charge on any atom is -0.476 e. The Labute approximate surface area is 126 Å². The lowest BCUT2D eigenvalue weighted by molar-refractivity contribution is 0.0691. The number of rotatable bonds is 6. The fraction of sp³-hybridized carbons (Fsp3) is 0.615. The van der Waals surface area contributed by atoms with Gasteiger partial charge in [-0.15, -0.1) is 11.3 Å². The molecule has 0 aliphatic carbocycles. The van der Waals surface area contributed by atoms with Crippen molar-refractivity contribution in [2.24, 2.45) is 5.92 Å². The van der Waals surface area contributed by atoms with Gasteiger partial charge in [-0.2, -0.15) is 0 Å². The summed E-state index contributed by atoms with van der Waals surface area (Å²) in [6.45, 7) is 3.85. The molecule has 1 aromatic heterocycles. The smallest absolute Gasteiger partial charge is 0.355 e. The summed E-state index contributed by atoms with van der Waals surface area (Å²) in [6.07, 6.45) is 1.49. The summed E-state index contributed by atoms with van der Waals surface area (Å²) in [4.78, 5) is 26.4. The molecule has 0 saturated carbocycles. The second-order valence-corrected chi connectivity index (χ2v) is 5.94. The maximum atomic E-state index is 11.7. The van der Waals surface area contributed by atoms with Crippen LogP contribution >= 0.6 is 11.3 Å². The SMILES string of the molecule is CC(NC(=O)NCCc1nc(C(=O)O)cs1)C1CCOC1. The van der Waals surface area contributed by atoms with Gasteiger partial charge in [-0.3, -0.25) is 0 Å². The maximum absolute atomic E-state index is 11.7. The molecule has 1 aromatic rings. The number of aromatic nitrogens is 1. The highest BCUT2D eigenvalue weighted by molar-refractivity contribution is 7.09. The van der Waals surface area contributed by atoms with E-state index >= 15 is 0 Å². The number of ether oxygens (including phenoxy) is 1. The van der Waals surface area contributed by atoms with Gasteiger partial charge in [-0.25, -0.2) is 14.6 Å². The van der Waals surface area contributed by atoms with E-state index in [4.69, 9.17) is 9.84 Å². The van der Waals surface area contributed by atoms with Gasteiger partial charge in [0.1, 0.15) is 0 Å². The molecule has 1 saturated heterocycles. The van der Waals surface area contributed by atoms with Crippen molar-refractivity contribution in [3.63, 3.8) is 0 Å². The van der Waals surface area contributed by atoms with Crippen molar-refractivity contribution >= 4 is 23.3 Å². The summed E-state index contributed by atoms with van der Waals surface area (Å²) in [5.41, 5.74) is 0.0503. The van der Waals surface area contributed by atoms with Gasteiger partial charge < -0.3 is 20.5 Å². The number of carbonyl (C=O) groups excluding carboxylic acids is 1. The van der Waals surface area contributed by atoms with Gasteiger partial charge in [-0.05, 0) is 13.3 Å². The van der Waals surface area contributed by atoms with E-state index in [2.05, 4.69) is 15.6 Å². The van der Waals surface area contributed by atoms with E-state index in [0.717, 1.165) is 13.0 Å². The third-order valence-electron chi connectivity index (χ3n) is 3.43. The molecule has 1 fully saturated rings. The van der Waals surface area contributed by atoms with Gasteiger partial charge in [0.05, 0.1) is 11.6 Å². The quantitative estimate of drug-likeness (QED) is 0.730. The van der Waals surface area contributed by atoms with Crippen molar-refractivity contribution in [1.82, 2.24) is 15.6 Å². The first-order valence-corrected chi connectivity index (χ1v) is 7.74. The van der Waals surface area contributed by atoms with Gasteiger partial charge in [0.25, 0.3) is 0 Å². The number of hydrogen-bond acceptors (Lipinski definition) is 5. The molecule has 3 N–H and O–H groups in total. The maximum Gasteiger partial charge on any atom is 0.355 e. The van der Waals surface area contributed by atoms with Crippen molar-refractivity contribution in [3.05, 3.63) is 16.1 Å². The van der Waals surface area contributed by atoms with E-state index in [-0.39, 0.29) is 17.8 Å². The number of amides is 2. The highest BCUT2D eigenvalue weighted by Crippen LogP contribution is 2.16. The Balaban J connectivity index is 1.67. The molecule has 2 unspecified atom stereocenters. The number of thiazole rings is 1. The molecule has 8 heteroatoms. The van der Waals surface area contributed by atoms with Crippen LogP contribution in [-0.2, 0) is 11.2 Å². The summed E-state index contributed by atoms with van der Waals surface area (Å²) in [5.74, 6) is -0.663. The Kier molecular flexibility index (Phi) is 5.51. The lowest BCUT2D eigenvalue weighted by Crippen LogP contribution is -2.44. The average molecular weight is 313 g/mol. The average Bonchev–Trinajstić information content (AvgIpc) is 3.10. The monoisotopic (exact) mass is 313 g/mol. The van der Waals surface area contributed by atoms with E-state index in [1.807, 2.05) is 6.92 Å². The standard InChI is InChI=1S/C13H19N3O4S/c1-8(9-3-5-20-6-9)15-13(19)14-4-2-11-16-10(7-21-11)12(17)18/h7-9H,2-6H2,1H3,(H,17,18)(H2,14,15,19). The van der Waals surface area contributed by atoms with E-state index in [9.17, 15) is 9.59 Å². The minimum absolute atomic E-state index is 0.0503. The van der Waals surface area contributed by atoms with Crippen LogP contribution in [-0.4, -0.2) is 47.9 Å². The molecule has 2 atom stereocenters. The van der Waals surface area contributed by atoms with Gasteiger partial charge in [0.15, 0.2) is 5.69 Å². The molecular formula is C13H19N3O4S. The van der Waals surface area contributed by atoms with Crippen LogP contribution in [0.1, 0.15) is 28.8 Å². The normalized spacial score (nSPS) is 19.2. The summed E-state index contributed by atoms with van der Waals surface area (Å²) in [5, 5.41) is 16.6. The van der Waals surface area contributed by atoms with Crippen molar-refractivity contribution < 1.29 is 19.4 Å². The lowest BCUT2D eigenvalue weighted by atomic mass is 10.0. The molecule has 7 nitrogen and oxygen atoms in total. The number of aromatic carboxylic acids is 1. The van der Waals surface area contributed by atoms with Crippen LogP contribution in [0.3, 0.4) is 0 Å². The van der Waals surface area contributed by atoms with Crippen LogP contribution in [0.25, 0.3) is 0 Å². The molecule has 0 spiro atoms. The second kappa shape index (κ2) is 7.37. The number of urea groups is 1.